The van der Waals surface area contributed by atoms with Gasteiger partial charge in [0.2, 0.25) is 0 Å². The molecule has 1 saturated heterocycles. The molecule has 2 aromatic rings. The van der Waals surface area contributed by atoms with Crippen molar-refractivity contribution in [1.82, 2.24) is 4.90 Å². The van der Waals surface area contributed by atoms with Crippen LogP contribution in [0.5, 0.6) is 0 Å². The van der Waals surface area contributed by atoms with Gasteiger partial charge in [0, 0.05) is 23.4 Å². The molecule has 1 aromatic heterocycles. The van der Waals surface area contributed by atoms with Crippen LogP contribution in [0.4, 0.5) is 0 Å². The summed E-state index contributed by atoms with van der Waals surface area (Å²) in [5.74, 6) is 2.77. The highest BCUT2D eigenvalue weighted by atomic mass is 32.2. The van der Waals surface area contributed by atoms with E-state index in [1.807, 2.05) is 30.0 Å². The third kappa shape index (κ3) is 2.53. The second-order valence-corrected chi connectivity index (χ2v) is 6.41. The molecule has 0 amide bonds. The van der Waals surface area contributed by atoms with Crippen molar-refractivity contribution in [3.05, 3.63) is 35.6 Å². The number of rotatable bonds is 2. The topological polar surface area (TPSA) is 36.6 Å². The lowest BCUT2D eigenvalue weighted by Crippen LogP contribution is -2.43. The highest BCUT2D eigenvalue weighted by Gasteiger charge is 2.29. The van der Waals surface area contributed by atoms with E-state index in [9.17, 15) is 5.11 Å². The molecule has 0 bridgehead atoms. The molecule has 0 spiro atoms. The van der Waals surface area contributed by atoms with E-state index in [-0.39, 0.29) is 6.04 Å². The fourth-order valence-corrected chi connectivity index (χ4v) is 3.82. The maximum Gasteiger partial charge on any atom is 0.135 e. The molecule has 1 fully saturated rings. The zero-order valence-corrected chi connectivity index (χ0v) is 12.1. The maximum absolute atomic E-state index is 10.5. The fraction of sp³-hybridized carbons (Fsp3) is 0.467. The molecule has 3 nitrogen and oxygen atoms in total. The van der Waals surface area contributed by atoms with Gasteiger partial charge in [0.05, 0.1) is 6.04 Å². The molecule has 2 heterocycles. The Morgan fingerprint density at radius 2 is 2.26 bits per heavy atom. The summed E-state index contributed by atoms with van der Waals surface area (Å²) in [6.07, 6.45) is -0.550. The van der Waals surface area contributed by atoms with Crippen molar-refractivity contribution < 1.29 is 9.52 Å². The molecule has 1 aliphatic rings. The summed E-state index contributed by atoms with van der Waals surface area (Å²) >= 11 is 1.90. The molecule has 2 unspecified atom stereocenters. The van der Waals surface area contributed by atoms with Gasteiger partial charge in [-0.15, -0.1) is 0 Å². The van der Waals surface area contributed by atoms with Crippen molar-refractivity contribution in [3.8, 4) is 0 Å². The summed E-state index contributed by atoms with van der Waals surface area (Å²) in [6.45, 7) is 3.08. The summed E-state index contributed by atoms with van der Waals surface area (Å²) in [7, 11) is 2.07. The quantitative estimate of drug-likeness (QED) is 0.916. The standard InChI is InChI=1S/C15H19NO2S/c1-10-3-4-13-11(7-10)8-14(18-13)15(17)12-9-19-6-5-16(12)2/h3-4,7-8,12,15,17H,5-6,9H2,1-2H3. The maximum atomic E-state index is 10.5. The van der Waals surface area contributed by atoms with Crippen molar-refractivity contribution in [2.24, 2.45) is 0 Å². The minimum atomic E-state index is -0.550. The van der Waals surface area contributed by atoms with E-state index in [4.69, 9.17) is 4.42 Å². The molecule has 0 radical (unpaired) electrons. The molecule has 2 atom stereocenters. The van der Waals surface area contributed by atoms with Crippen LogP contribution >= 0.6 is 11.8 Å². The van der Waals surface area contributed by atoms with E-state index in [2.05, 4.69) is 24.9 Å². The van der Waals surface area contributed by atoms with Gasteiger partial charge < -0.3 is 9.52 Å². The fourth-order valence-electron chi connectivity index (χ4n) is 2.56. The van der Waals surface area contributed by atoms with Crippen molar-refractivity contribution in [3.63, 3.8) is 0 Å². The van der Waals surface area contributed by atoms with Crippen LogP contribution in [0.15, 0.2) is 28.7 Å². The summed E-state index contributed by atoms with van der Waals surface area (Å²) < 4.78 is 5.80. The predicted molar refractivity (Wildman–Crippen MR) is 79.7 cm³/mol. The average Bonchev–Trinajstić information content (AvgIpc) is 2.81. The van der Waals surface area contributed by atoms with Crippen molar-refractivity contribution in [1.29, 1.82) is 0 Å². The third-order valence-electron chi connectivity index (χ3n) is 3.79. The number of hydrogen-bond donors (Lipinski definition) is 1. The number of likely N-dealkylation sites (N-methyl/N-ethyl adjacent to an activating group) is 1. The van der Waals surface area contributed by atoms with E-state index in [1.165, 1.54) is 5.56 Å². The lowest BCUT2D eigenvalue weighted by atomic mass is 10.1. The second-order valence-electron chi connectivity index (χ2n) is 5.26. The van der Waals surface area contributed by atoms with Crippen LogP contribution in [0.25, 0.3) is 11.0 Å². The predicted octanol–water partition coefficient (Wildman–Crippen LogP) is 2.82. The smallest absolute Gasteiger partial charge is 0.135 e. The highest BCUT2D eigenvalue weighted by molar-refractivity contribution is 7.99. The van der Waals surface area contributed by atoms with Crippen LogP contribution in [-0.4, -0.2) is 41.1 Å². The van der Waals surface area contributed by atoms with Crippen LogP contribution in [0.2, 0.25) is 0 Å². The monoisotopic (exact) mass is 277 g/mol. The number of nitrogens with zero attached hydrogens (tertiary/aromatic N) is 1. The molecule has 3 rings (SSSR count). The van der Waals surface area contributed by atoms with E-state index < -0.39 is 6.10 Å². The van der Waals surface area contributed by atoms with Gasteiger partial charge in [-0.3, -0.25) is 4.90 Å². The van der Waals surface area contributed by atoms with Crippen molar-refractivity contribution >= 4 is 22.7 Å². The Kier molecular flexibility index (Phi) is 3.56. The molecule has 1 aliphatic heterocycles. The normalized spacial score (nSPS) is 22.8. The zero-order chi connectivity index (χ0) is 13.4. The Morgan fingerprint density at radius 1 is 1.42 bits per heavy atom. The van der Waals surface area contributed by atoms with Crippen molar-refractivity contribution in [2.45, 2.75) is 19.1 Å². The molecule has 0 saturated carbocycles. The molecule has 4 heteroatoms. The van der Waals surface area contributed by atoms with Crippen LogP contribution in [0, 0.1) is 6.92 Å². The van der Waals surface area contributed by atoms with E-state index in [1.54, 1.807) is 0 Å². The number of hydrogen-bond acceptors (Lipinski definition) is 4. The highest BCUT2D eigenvalue weighted by Crippen LogP contribution is 2.30. The van der Waals surface area contributed by atoms with Crippen LogP contribution < -0.4 is 0 Å². The van der Waals surface area contributed by atoms with Crippen LogP contribution in [0.1, 0.15) is 17.4 Å². The van der Waals surface area contributed by atoms with E-state index in [0.29, 0.717) is 5.76 Å². The molecular weight excluding hydrogens is 258 g/mol. The number of aliphatic hydroxyl groups is 1. The largest absolute Gasteiger partial charge is 0.458 e. The Balaban J connectivity index is 1.90. The Labute approximate surface area is 117 Å². The van der Waals surface area contributed by atoms with E-state index in [0.717, 1.165) is 29.0 Å². The minimum Gasteiger partial charge on any atom is -0.458 e. The Morgan fingerprint density at radius 3 is 3.05 bits per heavy atom. The van der Waals surface area contributed by atoms with E-state index >= 15 is 0 Å². The average molecular weight is 277 g/mol. The minimum absolute atomic E-state index is 0.139. The second kappa shape index (κ2) is 5.19. The van der Waals surface area contributed by atoms with Gasteiger partial charge in [0.25, 0.3) is 0 Å². The summed E-state index contributed by atoms with van der Waals surface area (Å²) in [5.41, 5.74) is 2.06. The first-order valence-electron chi connectivity index (χ1n) is 6.61. The van der Waals surface area contributed by atoms with Gasteiger partial charge in [0.15, 0.2) is 0 Å². The number of fused-ring (bicyclic) bond motifs is 1. The van der Waals surface area contributed by atoms with Gasteiger partial charge >= 0.3 is 0 Å². The van der Waals surface area contributed by atoms with Crippen LogP contribution in [-0.2, 0) is 0 Å². The first-order valence-corrected chi connectivity index (χ1v) is 7.77. The van der Waals surface area contributed by atoms with Gasteiger partial charge in [-0.05, 0) is 32.2 Å². The van der Waals surface area contributed by atoms with Gasteiger partial charge in [-0.1, -0.05) is 11.6 Å². The molecule has 19 heavy (non-hydrogen) atoms. The van der Waals surface area contributed by atoms with Gasteiger partial charge in [-0.25, -0.2) is 0 Å². The first-order chi connectivity index (χ1) is 9.15. The molecule has 0 aliphatic carbocycles. The third-order valence-corrected chi connectivity index (χ3v) is 4.84. The zero-order valence-electron chi connectivity index (χ0n) is 11.3. The van der Waals surface area contributed by atoms with Crippen molar-refractivity contribution in [2.75, 3.05) is 25.1 Å². The lowest BCUT2D eigenvalue weighted by molar-refractivity contribution is 0.0602. The molecule has 1 aromatic carbocycles. The Hall–Kier alpha value is -0.970. The molecule has 1 N–H and O–H groups in total. The Bertz CT molecular complexity index is 581. The van der Waals surface area contributed by atoms with Gasteiger partial charge in [-0.2, -0.15) is 11.8 Å². The summed E-state index contributed by atoms with van der Waals surface area (Å²) in [6, 6.07) is 8.21. The number of aliphatic hydroxyl groups excluding tert-OH is 1. The number of thioether (sulfide) groups is 1. The lowest BCUT2D eigenvalue weighted by Gasteiger charge is -2.34. The van der Waals surface area contributed by atoms with Crippen LogP contribution in [0.3, 0.4) is 0 Å². The number of furan rings is 1. The summed E-state index contributed by atoms with van der Waals surface area (Å²) in [4.78, 5) is 2.22. The number of aryl methyl sites for hydroxylation is 1. The molecule has 102 valence electrons. The summed E-state index contributed by atoms with van der Waals surface area (Å²) in [5, 5.41) is 11.6. The molecular formula is C15H19NO2S. The number of benzene rings is 1. The SMILES string of the molecule is Cc1ccc2oc(C(O)C3CSCCN3C)cc2c1. The first kappa shape index (κ1) is 13.0. The van der Waals surface area contributed by atoms with Gasteiger partial charge in [0.1, 0.15) is 17.4 Å².